The van der Waals surface area contributed by atoms with Gasteiger partial charge in [-0.2, -0.15) is 5.10 Å². The average molecular weight is 449 g/mol. The van der Waals surface area contributed by atoms with Gasteiger partial charge in [0.1, 0.15) is 17.2 Å². The van der Waals surface area contributed by atoms with Crippen LogP contribution in [0.5, 0.6) is 0 Å². The van der Waals surface area contributed by atoms with E-state index in [2.05, 4.69) is 10.4 Å². The Morgan fingerprint density at radius 3 is 2.41 bits per heavy atom. The van der Waals surface area contributed by atoms with E-state index in [9.17, 15) is 23.2 Å². The minimum absolute atomic E-state index is 0.00865. The number of carbonyl (C=O) groups is 3. The standard InChI is InChI=1S/C17H19ClF2N4O4S/c1-6(2)28-17(27)10-7(3)13(15(21)26)29-16(10)22-9(25)5-24-8(4)11(18)12(23-24)14(19)20/h6,14H,5H2,1-4H3,(H2,21,26)(H,22,25). The van der Waals surface area contributed by atoms with Gasteiger partial charge in [-0.1, -0.05) is 11.6 Å². The molecule has 0 fully saturated rings. The van der Waals surface area contributed by atoms with Gasteiger partial charge in [0.05, 0.1) is 27.3 Å². The van der Waals surface area contributed by atoms with Crippen LogP contribution in [-0.2, 0) is 16.1 Å². The van der Waals surface area contributed by atoms with Crippen molar-refractivity contribution in [3.05, 3.63) is 32.4 Å². The average Bonchev–Trinajstić information content (AvgIpc) is 3.05. The summed E-state index contributed by atoms with van der Waals surface area (Å²) in [5, 5.41) is 5.99. The molecule has 2 heterocycles. The van der Waals surface area contributed by atoms with Gasteiger partial charge in [0, 0.05) is 0 Å². The number of alkyl halides is 2. The van der Waals surface area contributed by atoms with Crippen LogP contribution in [0.25, 0.3) is 0 Å². The van der Waals surface area contributed by atoms with E-state index in [-0.39, 0.29) is 31.7 Å². The van der Waals surface area contributed by atoms with E-state index in [1.807, 2.05) is 0 Å². The van der Waals surface area contributed by atoms with Gasteiger partial charge in [-0.3, -0.25) is 14.3 Å². The minimum atomic E-state index is -2.89. The van der Waals surface area contributed by atoms with Crippen LogP contribution in [-0.4, -0.2) is 33.7 Å². The Bertz CT molecular complexity index is 971. The summed E-state index contributed by atoms with van der Waals surface area (Å²) in [6.45, 7) is 5.82. The lowest BCUT2D eigenvalue weighted by molar-refractivity contribution is -0.116. The molecular weight excluding hydrogens is 430 g/mol. The van der Waals surface area contributed by atoms with Crippen LogP contribution in [0.4, 0.5) is 13.8 Å². The van der Waals surface area contributed by atoms with Crippen molar-refractivity contribution in [2.24, 2.45) is 5.73 Å². The quantitative estimate of drug-likeness (QED) is 0.629. The minimum Gasteiger partial charge on any atom is -0.459 e. The summed E-state index contributed by atoms with van der Waals surface area (Å²) < 4.78 is 32.0. The van der Waals surface area contributed by atoms with E-state index in [0.717, 1.165) is 16.0 Å². The molecule has 0 atom stereocenters. The van der Waals surface area contributed by atoms with Gasteiger partial charge in [-0.25, -0.2) is 13.6 Å². The monoisotopic (exact) mass is 448 g/mol. The molecule has 8 nitrogen and oxygen atoms in total. The second kappa shape index (κ2) is 8.87. The third-order valence-electron chi connectivity index (χ3n) is 3.83. The van der Waals surface area contributed by atoms with E-state index >= 15 is 0 Å². The third-order valence-corrected chi connectivity index (χ3v) is 5.52. The Morgan fingerprint density at radius 2 is 1.93 bits per heavy atom. The van der Waals surface area contributed by atoms with Crippen molar-refractivity contribution in [2.75, 3.05) is 5.32 Å². The van der Waals surface area contributed by atoms with E-state index in [1.54, 1.807) is 13.8 Å². The maximum absolute atomic E-state index is 12.9. The van der Waals surface area contributed by atoms with Gasteiger partial charge >= 0.3 is 5.97 Å². The summed E-state index contributed by atoms with van der Waals surface area (Å²) in [4.78, 5) is 36.6. The molecule has 29 heavy (non-hydrogen) atoms. The first-order chi connectivity index (χ1) is 13.4. The first kappa shape index (κ1) is 22.8. The SMILES string of the molecule is Cc1c(C(N)=O)sc(NC(=O)Cn2nc(C(F)F)c(Cl)c2C)c1C(=O)OC(C)C. The summed E-state index contributed by atoms with van der Waals surface area (Å²) in [6, 6.07) is 0. The van der Waals surface area contributed by atoms with Crippen molar-refractivity contribution < 1.29 is 27.9 Å². The Kier molecular flexibility index (Phi) is 6.96. The first-order valence-corrected chi connectivity index (χ1v) is 9.58. The lowest BCUT2D eigenvalue weighted by Crippen LogP contribution is -2.22. The summed E-state index contributed by atoms with van der Waals surface area (Å²) in [7, 11) is 0. The van der Waals surface area contributed by atoms with E-state index in [1.165, 1.54) is 13.8 Å². The normalized spacial score (nSPS) is 11.2. The number of primary amides is 1. The van der Waals surface area contributed by atoms with E-state index in [0.29, 0.717) is 0 Å². The largest absolute Gasteiger partial charge is 0.459 e. The highest BCUT2D eigenvalue weighted by Gasteiger charge is 2.27. The molecule has 0 saturated carbocycles. The van der Waals surface area contributed by atoms with Crippen LogP contribution in [0.3, 0.4) is 0 Å². The number of nitrogens with two attached hydrogens (primary N) is 1. The number of halogens is 3. The molecule has 0 aliphatic carbocycles. The number of nitrogens with zero attached hydrogens (tertiary/aromatic N) is 2. The molecule has 0 spiro atoms. The number of carbonyl (C=O) groups excluding carboxylic acids is 3. The van der Waals surface area contributed by atoms with Gasteiger partial charge < -0.3 is 15.8 Å². The van der Waals surface area contributed by atoms with Crippen LogP contribution in [0.1, 0.15) is 57.3 Å². The highest BCUT2D eigenvalue weighted by molar-refractivity contribution is 7.18. The van der Waals surface area contributed by atoms with Crippen LogP contribution < -0.4 is 11.1 Å². The third kappa shape index (κ3) is 4.91. The lowest BCUT2D eigenvalue weighted by Gasteiger charge is -2.10. The van der Waals surface area contributed by atoms with Crippen molar-refractivity contribution in [3.8, 4) is 0 Å². The summed E-state index contributed by atoms with van der Waals surface area (Å²) in [6.07, 6.45) is -3.31. The number of ether oxygens (including phenoxy) is 1. The molecule has 3 N–H and O–H groups in total. The number of rotatable bonds is 7. The summed E-state index contributed by atoms with van der Waals surface area (Å²) >= 11 is 6.64. The maximum Gasteiger partial charge on any atom is 0.341 e. The number of aromatic nitrogens is 2. The van der Waals surface area contributed by atoms with Gasteiger partial charge in [-0.15, -0.1) is 11.3 Å². The second-order valence-corrected chi connectivity index (χ2v) is 7.77. The van der Waals surface area contributed by atoms with Crippen LogP contribution in [0.15, 0.2) is 0 Å². The zero-order chi connectivity index (χ0) is 22.0. The fourth-order valence-corrected chi connectivity index (χ4v) is 3.78. The molecular formula is C17H19ClF2N4O4S. The molecule has 2 rings (SSSR count). The molecule has 0 unspecified atom stereocenters. The number of hydrogen-bond donors (Lipinski definition) is 2. The first-order valence-electron chi connectivity index (χ1n) is 8.38. The molecule has 0 saturated heterocycles. The molecule has 2 aromatic rings. The number of anilines is 1. The number of amides is 2. The molecule has 0 aliphatic rings. The van der Waals surface area contributed by atoms with Crippen LogP contribution in [0.2, 0.25) is 5.02 Å². The predicted octanol–water partition coefficient (Wildman–Crippen LogP) is 3.46. The second-order valence-electron chi connectivity index (χ2n) is 6.37. The molecule has 158 valence electrons. The Morgan fingerprint density at radius 1 is 1.31 bits per heavy atom. The molecule has 0 radical (unpaired) electrons. The highest BCUT2D eigenvalue weighted by Crippen LogP contribution is 2.34. The van der Waals surface area contributed by atoms with Gasteiger partial charge in [0.2, 0.25) is 5.91 Å². The Labute approximate surface area is 174 Å². The highest BCUT2D eigenvalue weighted by atomic mass is 35.5. The molecule has 0 aliphatic heterocycles. The Hall–Kier alpha value is -2.53. The lowest BCUT2D eigenvalue weighted by atomic mass is 10.1. The van der Waals surface area contributed by atoms with Crippen molar-refractivity contribution in [1.29, 1.82) is 0 Å². The fraction of sp³-hybridized carbons (Fsp3) is 0.412. The molecule has 0 bridgehead atoms. The molecule has 2 amide bonds. The van der Waals surface area contributed by atoms with Gasteiger partial charge in [-0.05, 0) is 33.3 Å². The van der Waals surface area contributed by atoms with Crippen LogP contribution >= 0.6 is 22.9 Å². The maximum atomic E-state index is 12.9. The zero-order valence-corrected chi connectivity index (χ0v) is 17.6. The smallest absolute Gasteiger partial charge is 0.341 e. The van der Waals surface area contributed by atoms with Gasteiger partial charge in [0.25, 0.3) is 12.3 Å². The molecule has 12 heteroatoms. The Balaban J connectivity index is 2.32. The van der Waals surface area contributed by atoms with Crippen LogP contribution in [0, 0.1) is 13.8 Å². The fourth-order valence-electron chi connectivity index (χ4n) is 2.50. The number of nitrogens with one attached hydrogen (secondary N) is 1. The summed E-state index contributed by atoms with van der Waals surface area (Å²) in [5.74, 6) is -2.15. The van der Waals surface area contributed by atoms with Gasteiger partial charge in [0.15, 0.2) is 0 Å². The topological polar surface area (TPSA) is 116 Å². The molecule has 0 aromatic carbocycles. The van der Waals surface area contributed by atoms with Crippen molar-refractivity contribution in [1.82, 2.24) is 9.78 Å². The predicted molar refractivity (Wildman–Crippen MR) is 104 cm³/mol. The summed E-state index contributed by atoms with van der Waals surface area (Å²) in [5.41, 5.74) is 5.18. The van der Waals surface area contributed by atoms with Crippen molar-refractivity contribution in [2.45, 2.75) is 46.8 Å². The van der Waals surface area contributed by atoms with E-state index in [4.69, 9.17) is 22.1 Å². The number of hydrogen-bond acceptors (Lipinski definition) is 6. The van der Waals surface area contributed by atoms with Crippen molar-refractivity contribution >= 4 is 45.7 Å². The zero-order valence-electron chi connectivity index (χ0n) is 16.0. The van der Waals surface area contributed by atoms with Crippen molar-refractivity contribution in [3.63, 3.8) is 0 Å². The van der Waals surface area contributed by atoms with E-state index < -0.39 is 42.6 Å². The number of esters is 1. The number of thiophene rings is 1. The molecule has 2 aromatic heterocycles.